The number of hydrogen-bond donors (Lipinski definition) is 1. The van der Waals surface area contributed by atoms with Gasteiger partial charge in [0.2, 0.25) is 0 Å². The normalized spacial score (nSPS) is 9.56. The van der Waals surface area contributed by atoms with Crippen molar-refractivity contribution in [3.05, 3.63) is 29.9 Å². The van der Waals surface area contributed by atoms with Gasteiger partial charge in [0, 0.05) is 0 Å². The van der Waals surface area contributed by atoms with Crippen LogP contribution in [0.4, 0.5) is 5.69 Å². The second kappa shape index (κ2) is 2.23. The van der Waals surface area contributed by atoms with E-state index in [9.17, 15) is 0 Å². The molecule has 0 aliphatic carbocycles. The third kappa shape index (κ3) is 1.33. The van der Waals surface area contributed by atoms with E-state index in [1.807, 2.05) is 0 Å². The maximum Gasteiger partial charge on any atom is 0.0642 e. The fourth-order valence-electron chi connectivity index (χ4n) is 0.481. The molecular formula is C6H6ClN2. The van der Waals surface area contributed by atoms with Crippen LogP contribution in [0.2, 0.25) is 5.02 Å². The van der Waals surface area contributed by atoms with E-state index in [1.165, 1.54) is 6.20 Å². The van der Waals surface area contributed by atoms with E-state index < -0.39 is 0 Å². The molecule has 2 nitrogen and oxygen atoms in total. The molecule has 1 rings (SSSR count). The molecule has 3 heteroatoms. The van der Waals surface area contributed by atoms with Crippen LogP contribution < -0.4 is 5.73 Å². The second-order valence-electron chi connectivity index (χ2n) is 1.70. The average molecular weight is 142 g/mol. The van der Waals surface area contributed by atoms with E-state index in [-0.39, 0.29) is 0 Å². The van der Waals surface area contributed by atoms with Gasteiger partial charge in [0.1, 0.15) is 0 Å². The fourth-order valence-corrected chi connectivity index (χ4v) is 0.656. The fraction of sp³-hybridized carbons (Fsp3) is 0. The highest BCUT2D eigenvalue weighted by Gasteiger charge is 1.93. The van der Waals surface area contributed by atoms with Crippen molar-refractivity contribution < 1.29 is 0 Å². The first-order valence-electron chi connectivity index (χ1n) is 2.43. The third-order valence-corrected chi connectivity index (χ3v) is 1.27. The lowest BCUT2D eigenvalue weighted by atomic mass is 10.3. The molecule has 0 unspecified atom stereocenters. The quantitative estimate of drug-likeness (QED) is 0.595. The van der Waals surface area contributed by atoms with Gasteiger partial charge in [-0.1, -0.05) is 11.6 Å². The molecule has 1 aromatic heterocycles. The molecule has 0 aromatic carbocycles. The molecule has 0 amide bonds. The largest absolute Gasteiger partial charge is 0.397 e. The molecule has 1 radical (unpaired) electrons. The Morgan fingerprint density at radius 2 is 2.33 bits per heavy atom. The Balaban J connectivity index is 3.17. The van der Waals surface area contributed by atoms with E-state index in [0.29, 0.717) is 16.4 Å². The number of aromatic nitrogens is 1. The third-order valence-electron chi connectivity index (χ3n) is 0.939. The smallest absolute Gasteiger partial charge is 0.0642 e. The molecule has 0 aliphatic heterocycles. The van der Waals surface area contributed by atoms with Gasteiger partial charge in [-0.05, 0) is 13.0 Å². The van der Waals surface area contributed by atoms with Gasteiger partial charge in [0.05, 0.1) is 22.6 Å². The van der Waals surface area contributed by atoms with Gasteiger partial charge in [0.25, 0.3) is 0 Å². The lowest BCUT2D eigenvalue weighted by molar-refractivity contribution is 1.27. The highest BCUT2D eigenvalue weighted by atomic mass is 35.5. The van der Waals surface area contributed by atoms with Crippen molar-refractivity contribution in [2.75, 3.05) is 5.73 Å². The van der Waals surface area contributed by atoms with Crippen molar-refractivity contribution in [2.24, 2.45) is 0 Å². The number of hydrogen-bond acceptors (Lipinski definition) is 2. The van der Waals surface area contributed by atoms with E-state index in [1.54, 1.807) is 6.07 Å². The van der Waals surface area contributed by atoms with Crippen LogP contribution in [0.3, 0.4) is 0 Å². The minimum atomic E-state index is 0.509. The van der Waals surface area contributed by atoms with Crippen molar-refractivity contribution in [3.8, 4) is 0 Å². The molecule has 2 N–H and O–H groups in total. The van der Waals surface area contributed by atoms with Gasteiger partial charge < -0.3 is 5.73 Å². The van der Waals surface area contributed by atoms with Gasteiger partial charge in [0.15, 0.2) is 0 Å². The van der Waals surface area contributed by atoms with Crippen molar-refractivity contribution in [1.82, 2.24) is 4.98 Å². The lowest BCUT2D eigenvalue weighted by Gasteiger charge is -1.95. The molecule has 0 saturated heterocycles. The predicted octanol–water partition coefficient (Wildman–Crippen LogP) is 1.50. The standard InChI is InChI=1S/C6H6ClN2/c1-4-6(7)2-5(8)3-9-4/h2-3H,1,8H2. The minimum Gasteiger partial charge on any atom is -0.397 e. The first-order valence-corrected chi connectivity index (χ1v) is 2.81. The highest BCUT2D eigenvalue weighted by Crippen LogP contribution is 2.14. The predicted molar refractivity (Wildman–Crippen MR) is 38.1 cm³/mol. The Morgan fingerprint density at radius 1 is 1.67 bits per heavy atom. The molecule has 1 heterocycles. The number of pyridine rings is 1. The summed E-state index contributed by atoms with van der Waals surface area (Å²) in [6.45, 7) is 3.56. The van der Waals surface area contributed by atoms with Gasteiger partial charge in [-0.15, -0.1) is 0 Å². The summed E-state index contributed by atoms with van der Waals surface area (Å²) < 4.78 is 0. The van der Waals surface area contributed by atoms with Gasteiger partial charge in [-0.2, -0.15) is 0 Å². The van der Waals surface area contributed by atoms with Crippen LogP contribution in [0.5, 0.6) is 0 Å². The first kappa shape index (κ1) is 6.36. The lowest BCUT2D eigenvalue weighted by Crippen LogP contribution is -1.88. The summed E-state index contributed by atoms with van der Waals surface area (Å²) in [4.78, 5) is 3.81. The Bertz CT molecular complexity index is 222. The second-order valence-corrected chi connectivity index (χ2v) is 2.10. The topological polar surface area (TPSA) is 38.9 Å². The Hall–Kier alpha value is -0.760. The highest BCUT2D eigenvalue weighted by molar-refractivity contribution is 6.31. The number of anilines is 1. The Labute approximate surface area is 58.7 Å². The van der Waals surface area contributed by atoms with Crippen LogP contribution in [0, 0.1) is 6.92 Å². The van der Waals surface area contributed by atoms with Crippen molar-refractivity contribution in [2.45, 2.75) is 0 Å². The zero-order chi connectivity index (χ0) is 6.85. The summed E-state index contributed by atoms with van der Waals surface area (Å²) in [5.41, 5.74) is 6.48. The summed E-state index contributed by atoms with van der Waals surface area (Å²) >= 11 is 5.61. The summed E-state index contributed by atoms with van der Waals surface area (Å²) in [6, 6.07) is 1.62. The first-order chi connectivity index (χ1) is 4.20. The molecule has 0 bridgehead atoms. The molecule has 0 spiro atoms. The summed E-state index contributed by atoms with van der Waals surface area (Å²) in [5, 5.41) is 0.509. The molecule has 0 fully saturated rings. The minimum absolute atomic E-state index is 0.509. The maximum atomic E-state index is 5.61. The SMILES string of the molecule is [CH2]c1ncc(N)cc1Cl. The number of nitrogens with zero attached hydrogens (tertiary/aromatic N) is 1. The van der Waals surface area contributed by atoms with E-state index in [0.717, 1.165) is 0 Å². The molecule has 0 aliphatic rings. The van der Waals surface area contributed by atoms with Crippen molar-refractivity contribution in [1.29, 1.82) is 0 Å². The molecule has 0 atom stereocenters. The molecule has 9 heavy (non-hydrogen) atoms. The van der Waals surface area contributed by atoms with Crippen LogP contribution in [0.25, 0.3) is 0 Å². The molecule has 47 valence electrons. The van der Waals surface area contributed by atoms with Gasteiger partial charge in [-0.3, -0.25) is 4.98 Å². The Morgan fingerprint density at radius 3 is 2.78 bits per heavy atom. The van der Waals surface area contributed by atoms with Gasteiger partial charge >= 0.3 is 0 Å². The molecular weight excluding hydrogens is 136 g/mol. The average Bonchev–Trinajstić information content (AvgIpc) is 1.80. The van der Waals surface area contributed by atoms with Crippen molar-refractivity contribution >= 4 is 17.3 Å². The van der Waals surface area contributed by atoms with Gasteiger partial charge in [-0.25, -0.2) is 0 Å². The molecule has 1 aromatic rings. The zero-order valence-electron chi connectivity index (χ0n) is 4.76. The van der Waals surface area contributed by atoms with Crippen molar-refractivity contribution in [3.63, 3.8) is 0 Å². The van der Waals surface area contributed by atoms with Crippen LogP contribution in [-0.4, -0.2) is 4.98 Å². The van der Waals surface area contributed by atoms with Crippen LogP contribution in [0.1, 0.15) is 5.69 Å². The number of nitrogens with two attached hydrogens (primary N) is 1. The summed E-state index contributed by atoms with van der Waals surface area (Å²) in [5.74, 6) is 0. The zero-order valence-corrected chi connectivity index (χ0v) is 5.52. The van der Waals surface area contributed by atoms with E-state index >= 15 is 0 Å². The number of rotatable bonds is 0. The summed E-state index contributed by atoms with van der Waals surface area (Å²) in [6.07, 6.45) is 1.52. The monoisotopic (exact) mass is 141 g/mol. The van der Waals surface area contributed by atoms with Crippen LogP contribution >= 0.6 is 11.6 Å². The Kier molecular flexibility index (Phi) is 1.58. The maximum absolute atomic E-state index is 5.61. The van der Waals surface area contributed by atoms with Crippen LogP contribution in [-0.2, 0) is 0 Å². The molecule has 0 saturated carbocycles. The summed E-state index contributed by atoms with van der Waals surface area (Å²) in [7, 11) is 0. The number of nitrogen functional groups attached to an aromatic ring is 1. The number of halogens is 1. The van der Waals surface area contributed by atoms with E-state index in [4.69, 9.17) is 17.3 Å². The van der Waals surface area contributed by atoms with E-state index in [2.05, 4.69) is 11.9 Å². The van der Waals surface area contributed by atoms with Crippen LogP contribution in [0.15, 0.2) is 12.3 Å².